The molecule has 0 amide bonds. The number of hydrogen-bond acceptors (Lipinski definition) is 4. The summed E-state index contributed by atoms with van der Waals surface area (Å²) in [5.74, 6) is 0. The number of hydrogen-bond donors (Lipinski definition) is 1. The van der Waals surface area contributed by atoms with E-state index >= 15 is 0 Å². The largest absolute Gasteiger partial charge is 0.319 e. The van der Waals surface area contributed by atoms with E-state index in [9.17, 15) is 0 Å². The Bertz CT molecular complexity index is 634. The number of thiazole rings is 1. The van der Waals surface area contributed by atoms with Gasteiger partial charge in [0.25, 0.3) is 0 Å². The molecule has 2 aromatic heterocycles. The van der Waals surface area contributed by atoms with Crippen LogP contribution in [0, 0.1) is 0 Å². The normalized spacial score (nSPS) is 12.8. The lowest BCUT2D eigenvalue weighted by Crippen LogP contribution is -2.12. The summed E-state index contributed by atoms with van der Waals surface area (Å²) in [6, 6.07) is 9.91. The molecule has 0 saturated carbocycles. The van der Waals surface area contributed by atoms with Crippen molar-refractivity contribution in [3.63, 3.8) is 0 Å². The summed E-state index contributed by atoms with van der Waals surface area (Å²) < 4.78 is 0. The van der Waals surface area contributed by atoms with Crippen molar-refractivity contribution < 1.29 is 0 Å². The SMILES string of the molecule is NC(c1ccc2cccnc2c1)c1cscn1. The predicted molar refractivity (Wildman–Crippen MR) is 69.9 cm³/mol. The summed E-state index contributed by atoms with van der Waals surface area (Å²) in [5.41, 5.74) is 10.9. The van der Waals surface area contributed by atoms with Crippen LogP contribution in [-0.2, 0) is 0 Å². The number of pyridine rings is 1. The Morgan fingerprint density at radius 1 is 1.18 bits per heavy atom. The summed E-state index contributed by atoms with van der Waals surface area (Å²) in [7, 11) is 0. The first kappa shape index (κ1) is 10.4. The molecule has 0 radical (unpaired) electrons. The number of benzene rings is 1. The van der Waals surface area contributed by atoms with Gasteiger partial charge in [-0.3, -0.25) is 4.98 Å². The number of fused-ring (bicyclic) bond motifs is 1. The lowest BCUT2D eigenvalue weighted by molar-refractivity contribution is 0.840. The van der Waals surface area contributed by atoms with Crippen molar-refractivity contribution in [2.45, 2.75) is 6.04 Å². The number of nitrogens with two attached hydrogens (primary N) is 1. The molecule has 17 heavy (non-hydrogen) atoms. The van der Waals surface area contributed by atoms with Crippen LogP contribution in [0.5, 0.6) is 0 Å². The average Bonchev–Trinajstić information content (AvgIpc) is 2.91. The lowest BCUT2D eigenvalue weighted by Gasteiger charge is -2.09. The van der Waals surface area contributed by atoms with Crippen molar-refractivity contribution in [2.24, 2.45) is 5.73 Å². The Hall–Kier alpha value is -1.78. The summed E-state index contributed by atoms with van der Waals surface area (Å²) >= 11 is 1.56. The van der Waals surface area contributed by atoms with E-state index in [1.165, 1.54) is 0 Å². The maximum atomic E-state index is 6.17. The first-order chi connectivity index (χ1) is 8.34. The van der Waals surface area contributed by atoms with E-state index < -0.39 is 0 Å². The zero-order chi connectivity index (χ0) is 11.7. The Balaban J connectivity index is 2.06. The highest BCUT2D eigenvalue weighted by Crippen LogP contribution is 2.22. The van der Waals surface area contributed by atoms with E-state index in [0.29, 0.717) is 0 Å². The summed E-state index contributed by atoms with van der Waals surface area (Å²) in [4.78, 5) is 8.58. The second-order valence-corrected chi connectivity index (χ2v) is 4.57. The molecule has 0 spiro atoms. The summed E-state index contributed by atoms with van der Waals surface area (Å²) in [6.07, 6.45) is 1.79. The van der Waals surface area contributed by atoms with Gasteiger partial charge in [-0.05, 0) is 17.7 Å². The summed E-state index contributed by atoms with van der Waals surface area (Å²) in [5, 5.41) is 3.11. The van der Waals surface area contributed by atoms with Gasteiger partial charge < -0.3 is 5.73 Å². The topological polar surface area (TPSA) is 51.8 Å². The first-order valence-electron chi connectivity index (χ1n) is 5.33. The van der Waals surface area contributed by atoms with Crippen LogP contribution in [0.3, 0.4) is 0 Å². The van der Waals surface area contributed by atoms with Crippen LogP contribution in [-0.4, -0.2) is 9.97 Å². The standard InChI is InChI=1S/C13H11N3S/c14-13(12-7-17-8-16-12)10-4-3-9-2-1-5-15-11(9)6-10/h1-8,13H,14H2. The molecule has 3 aromatic rings. The molecule has 2 heterocycles. The zero-order valence-corrected chi connectivity index (χ0v) is 9.89. The minimum Gasteiger partial charge on any atom is -0.319 e. The molecule has 4 heteroatoms. The molecule has 1 aromatic carbocycles. The maximum absolute atomic E-state index is 6.17. The highest BCUT2D eigenvalue weighted by Gasteiger charge is 2.11. The highest BCUT2D eigenvalue weighted by molar-refractivity contribution is 7.07. The first-order valence-corrected chi connectivity index (χ1v) is 6.27. The van der Waals surface area contributed by atoms with Gasteiger partial charge in [0.05, 0.1) is 22.8 Å². The van der Waals surface area contributed by atoms with Crippen LogP contribution in [0.2, 0.25) is 0 Å². The molecule has 0 bridgehead atoms. The van der Waals surface area contributed by atoms with Crippen molar-refractivity contribution in [1.82, 2.24) is 9.97 Å². The van der Waals surface area contributed by atoms with Crippen LogP contribution in [0.15, 0.2) is 47.4 Å². The van der Waals surface area contributed by atoms with Crippen molar-refractivity contribution in [2.75, 3.05) is 0 Å². The van der Waals surface area contributed by atoms with Crippen LogP contribution >= 0.6 is 11.3 Å². The van der Waals surface area contributed by atoms with Crippen LogP contribution in [0.4, 0.5) is 0 Å². The van der Waals surface area contributed by atoms with Gasteiger partial charge in [-0.25, -0.2) is 4.98 Å². The predicted octanol–water partition coefficient (Wildman–Crippen LogP) is 2.74. The van der Waals surface area contributed by atoms with E-state index in [1.807, 2.05) is 35.7 Å². The lowest BCUT2D eigenvalue weighted by atomic mass is 10.0. The average molecular weight is 241 g/mol. The smallest absolute Gasteiger partial charge is 0.0795 e. The van der Waals surface area contributed by atoms with Gasteiger partial charge >= 0.3 is 0 Å². The van der Waals surface area contributed by atoms with Crippen molar-refractivity contribution in [1.29, 1.82) is 0 Å². The van der Waals surface area contributed by atoms with E-state index in [1.54, 1.807) is 23.0 Å². The number of aromatic nitrogens is 2. The molecule has 1 atom stereocenters. The molecule has 3 rings (SSSR count). The Morgan fingerprint density at radius 2 is 2.12 bits per heavy atom. The molecule has 3 nitrogen and oxygen atoms in total. The van der Waals surface area contributed by atoms with Gasteiger partial charge in [0, 0.05) is 17.0 Å². The van der Waals surface area contributed by atoms with E-state index in [0.717, 1.165) is 22.2 Å². The fraction of sp³-hybridized carbons (Fsp3) is 0.0769. The van der Waals surface area contributed by atoms with Gasteiger partial charge in [-0.2, -0.15) is 0 Å². The molecule has 0 aliphatic heterocycles. The van der Waals surface area contributed by atoms with Crippen LogP contribution in [0.25, 0.3) is 10.9 Å². The third-order valence-corrected chi connectivity index (χ3v) is 3.36. The highest BCUT2D eigenvalue weighted by atomic mass is 32.1. The second kappa shape index (κ2) is 4.24. The fourth-order valence-electron chi connectivity index (χ4n) is 1.82. The van der Waals surface area contributed by atoms with E-state index in [-0.39, 0.29) is 6.04 Å². The molecule has 2 N–H and O–H groups in total. The molecular formula is C13H11N3S. The molecule has 1 unspecified atom stereocenters. The van der Waals surface area contributed by atoms with Gasteiger partial charge in [-0.15, -0.1) is 11.3 Å². The van der Waals surface area contributed by atoms with Crippen LogP contribution in [0.1, 0.15) is 17.3 Å². The molecule has 0 fully saturated rings. The Morgan fingerprint density at radius 3 is 2.94 bits per heavy atom. The molecule has 0 aliphatic carbocycles. The van der Waals surface area contributed by atoms with E-state index in [4.69, 9.17) is 5.73 Å². The van der Waals surface area contributed by atoms with Gasteiger partial charge in [0.1, 0.15) is 0 Å². The minimum absolute atomic E-state index is 0.173. The molecule has 0 aliphatic rings. The summed E-state index contributed by atoms with van der Waals surface area (Å²) in [6.45, 7) is 0. The number of rotatable bonds is 2. The number of nitrogens with zero attached hydrogens (tertiary/aromatic N) is 2. The molecule has 84 valence electrons. The van der Waals surface area contributed by atoms with Crippen molar-refractivity contribution >= 4 is 22.2 Å². The fourth-order valence-corrected chi connectivity index (χ4v) is 2.41. The van der Waals surface area contributed by atoms with Crippen molar-refractivity contribution in [3.8, 4) is 0 Å². The van der Waals surface area contributed by atoms with Gasteiger partial charge in [0.2, 0.25) is 0 Å². The van der Waals surface area contributed by atoms with Crippen LogP contribution < -0.4 is 5.73 Å². The maximum Gasteiger partial charge on any atom is 0.0795 e. The minimum atomic E-state index is -0.173. The monoisotopic (exact) mass is 241 g/mol. The third-order valence-electron chi connectivity index (χ3n) is 2.76. The van der Waals surface area contributed by atoms with Gasteiger partial charge in [0.15, 0.2) is 0 Å². The van der Waals surface area contributed by atoms with Gasteiger partial charge in [-0.1, -0.05) is 18.2 Å². The van der Waals surface area contributed by atoms with Crippen molar-refractivity contribution in [3.05, 3.63) is 58.7 Å². The quantitative estimate of drug-likeness (QED) is 0.750. The Kier molecular flexibility index (Phi) is 2.59. The Labute approximate surface area is 103 Å². The molecular weight excluding hydrogens is 230 g/mol. The zero-order valence-electron chi connectivity index (χ0n) is 9.08. The second-order valence-electron chi connectivity index (χ2n) is 3.85. The third kappa shape index (κ3) is 1.92. The molecule has 0 saturated heterocycles. The van der Waals surface area contributed by atoms with E-state index in [2.05, 4.69) is 9.97 Å².